The first-order valence-electron chi connectivity index (χ1n) is 3.71. The smallest absolute Gasteiger partial charge is 0.236 e. The Morgan fingerprint density at radius 2 is 0.750 bits per heavy atom. The van der Waals surface area contributed by atoms with Gasteiger partial charge in [-0.15, -0.1) is 0 Å². The molecule has 0 bridgehead atoms. The monoisotopic (exact) mass is 452 g/mol. The van der Waals surface area contributed by atoms with Crippen LogP contribution in [0.2, 0.25) is 0 Å². The second kappa shape index (κ2) is 6.33. The predicted octanol–water partition coefficient (Wildman–Crippen LogP) is 1.52. The Kier molecular flexibility index (Phi) is 7.41. The van der Waals surface area contributed by atoms with E-state index >= 15 is 0 Å². The summed E-state index contributed by atoms with van der Waals surface area (Å²) in [4.78, 5) is 0. The van der Waals surface area contributed by atoms with Gasteiger partial charge in [-0.2, -0.15) is 22.0 Å². The second-order valence-electron chi connectivity index (χ2n) is 3.02. The molecule has 116 valence electrons. The Labute approximate surface area is 160 Å². The molecule has 0 aromatic heterocycles. The van der Waals surface area contributed by atoms with Gasteiger partial charge in [0.15, 0.2) is 0 Å². The SMILES string of the molecule is FC(F)(F)[C-](C(F)(F)F)C(F)(F)C(F)(F)C(F)(F)F.[Cs+]. The van der Waals surface area contributed by atoms with Crippen molar-refractivity contribution in [3.63, 3.8) is 0 Å². The summed E-state index contributed by atoms with van der Waals surface area (Å²) < 4.78 is 154. The van der Waals surface area contributed by atoms with Gasteiger partial charge in [-0.05, 0) is 5.92 Å². The van der Waals surface area contributed by atoms with Crippen LogP contribution in [0.15, 0.2) is 0 Å². The van der Waals surface area contributed by atoms with E-state index < -0.39 is 36.3 Å². The molecule has 0 aliphatic carbocycles. The minimum atomic E-state index is -7.54. The fourth-order valence-corrected chi connectivity index (χ4v) is 0.852. The molecule has 14 heteroatoms. The number of hydrogen-bond donors (Lipinski definition) is 0. The molecule has 0 aromatic carbocycles. The molecule has 0 atom stereocenters. The number of alkyl halides is 13. The van der Waals surface area contributed by atoms with E-state index in [1.54, 1.807) is 0 Å². The topological polar surface area (TPSA) is 0 Å². The second-order valence-corrected chi connectivity index (χ2v) is 3.02. The summed E-state index contributed by atoms with van der Waals surface area (Å²) >= 11 is 0. The van der Waals surface area contributed by atoms with E-state index in [1.165, 1.54) is 0 Å². The van der Waals surface area contributed by atoms with Gasteiger partial charge >= 0.3 is 81.0 Å². The molecular weight excluding hydrogens is 452 g/mol. The summed E-state index contributed by atoms with van der Waals surface area (Å²) in [6, 6.07) is 0. The quantitative estimate of drug-likeness (QED) is 0.441. The van der Waals surface area contributed by atoms with Crippen molar-refractivity contribution in [3.8, 4) is 0 Å². The molecule has 0 spiro atoms. The van der Waals surface area contributed by atoms with Gasteiger partial charge in [-0.3, -0.25) is 0 Å². The first-order valence-corrected chi connectivity index (χ1v) is 3.71. The maximum Gasteiger partial charge on any atom is 1.00 e. The maximum atomic E-state index is 12.4. The molecule has 0 nitrogen and oxygen atoms in total. The summed E-state index contributed by atoms with van der Waals surface area (Å²) in [5.41, 5.74) is 0. The van der Waals surface area contributed by atoms with Crippen molar-refractivity contribution >= 4 is 0 Å². The molecule has 0 unspecified atom stereocenters. The zero-order valence-electron chi connectivity index (χ0n) is 8.91. The van der Waals surface area contributed by atoms with Gasteiger partial charge in [0.25, 0.3) is 12.4 Å². The molecular formula is C6CsF13. The van der Waals surface area contributed by atoms with Crippen LogP contribution in [0.3, 0.4) is 0 Å². The Morgan fingerprint density at radius 1 is 0.500 bits per heavy atom. The molecule has 0 aliphatic rings. The minimum Gasteiger partial charge on any atom is -0.236 e. The minimum absolute atomic E-state index is 0. The summed E-state index contributed by atoms with van der Waals surface area (Å²) in [5, 5.41) is 0. The molecule has 0 radical (unpaired) electrons. The van der Waals surface area contributed by atoms with Crippen LogP contribution in [-0.4, -0.2) is 30.4 Å². The average molecular weight is 452 g/mol. The van der Waals surface area contributed by atoms with Crippen LogP contribution in [0.25, 0.3) is 0 Å². The average Bonchev–Trinajstić information content (AvgIpc) is 1.92. The van der Waals surface area contributed by atoms with Gasteiger partial charge in [0.1, 0.15) is 0 Å². The van der Waals surface area contributed by atoms with Crippen LogP contribution in [0.5, 0.6) is 0 Å². The van der Waals surface area contributed by atoms with Crippen LogP contribution in [0.1, 0.15) is 0 Å². The molecule has 0 rings (SSSR count). The fraction of sp³-hybridized carbons (Fsp3) is 0.833. The number of rotatable bonds is 2. The van der Waals surface area contributed by atoms with E-state index in [9.17, 15) is 57.1 Å². The van der Waals surface area contributed by atoms with Crippen molar-refractivity contribution in [1.29, 1.82) is 0 Å². The summed E-state index contributed by atoms with van der Waals surface area (Å²) in [6.45, 7) is 0. The standard InChI is InChI=1S/C6F13.Cs/c7-2(8,5(15,16)6(17,18)19)1(3(9,10)11)4(12,13)14;/q-1;+1. The summed E-state index contributed by atoms with van der Waals surface area (Å²) in [7, 11) is 0. The van der Waals surface area contributed by atoms with Crippen molar-refractivity contribution in [1.82, 2.24) is 0 Å². The van der Waals surface area contributed by atoms with Crippen LogP contribution in [-0.2, 0) is 0 Å². The maximum absolute atomic E-state index is 12.4. The third-order valence-electron chi connectivity index (χ3n) is 1.63. The van der Waals surface area contributed by atoms with Crippen molar-refractivity contribution in [2.45, 2.75) is 30.4 Å². The van der Waals surface area contributed by atoms with Crippen molar-refractivity contribution in [2.75, 3.05) is 0 Å². The van der Waals surface area contributed by atoms with E-state index in [0.717, 1.165) is 0 Å². The Balaban J connectivity index is 0. The molecule has 0 heterocycles. The first kappa shape index (κ1) is 23.4. The first-order chi connectivity index (χ1) is 7.87. The summed E-state index contributed by atoms with van der Waals surface area (Å²) in [6.07, 6.45) is -21.6. The van der Waals surface area contributed by atoms with Crippen LogP contribution in [0.4, 0.5) is 57.1 Å². The van der Waals surface area contributed by atoms with Crippen LogP contribution in [0, 0.1) is 5.92 Å². The van der Waals surface area contributed by atoms with E-state index in [4.69, 9.17) is 0 Å². The third-order valence-corrected chi connectivity index (χ3v) is 1.63. The molecule has 20 heavy (non-hydrogen) atoms. The van der Waals surface area contributed by atoms with Crippen molar-refractivity contribution in [2.24, 2.45) is 0 Å². The van der Waals surface area contributed by atoms with Gasteiger partial charge in [0.2, 0.25) is 5.92 Å². The molecule has 0 aliphatic heterocycles. The van der Waals surface area contributed by atoms with Crippen molar-refractivity contribution in [3.05, 3.63) is 5.92 Å². The Morgan fingerprint density at radius 3 is 0.900 bits per heavy atom. The molecule has 0 aromatic rings. The Bertz CT molecular complexity index is 305. The van der Waals surface area contributed by atoms with E-state index in [-0.39, 0.29) is 68.9 Å². The Hall–Kier alpha value is 1.14. The van der Waals surface area contributed by atoms with Crippen LogP contribution < -0.4 is 68.9 Å². The largest absolute Gasteiger partial charge is 1.00 e. The van der Waals surface area contributed by atoms with E-state index in [0.29, 0.717) is 0 Å². The third kappa shape index (κ3) is 4.57. The van der Waals surface area contributed by atoms with Gasteiger partial charge in [0, 0.05) is 0 Å². The molecule has 0 saturated heterocycles. The molecule has 0 saturated carbocycles. The normalized spacial score (nSPS) is 15.3. The van der Waals surface area contributed by atoms with Gasteiger partial charge < -0.3 is 0 Å². The fourth-order valence-electron chi connectivity index (χ4n) is 0.852. The molecule has 0 fully saturated rings. The van der Waals surface area contributed by atoms with E-state index in [1.807, 2.05) is 0 Å². The number of hydrogen-bond acceptors (Lipinski definition) is 0. The number of halogens is 13. The summed E-state index contributed by atoms with van der Waals surface area (Å²) in [5.74, 6) is -20.2. The molecule has 0 amide bonds. The van der Waals surface area contributed by atoms with Gasteiger partial charge in [0.05, 0.1) is 0 Å². The van der Waals surface area contributed by atoms with E-state index in [2.05, 4.69) is 0 Å². The zero-order valence-corrected chi connectivity index (χ0v) is 15.2. The van der Waals surface area contributed by atoms with Crippen molar-refractivity contribution < 1.29 is 126 Å². The zero-order chi connectivity index (χ0) is 16.1. The van der Waals surface area contributed by atoms with Crippen LogP contribution >= 0.6 is 0 Å². The van der Waals surface area contributed by atoms with Gasteiger partial charge in [-0.25, -0.2) is 35.1 Å². The van der Waals surface area contributed by atoms with Gasteiger partial charge in [-0.1, -0.05) is 0 Å². The predicted molar refractivity (Wildman–Crippen MR) is 31.3 cm³/mol. The molecule has 0 N–H and O–H groups in total.